The number of hydrogen-bond acceptors (Lipinski definition) is 2. The van der Waals surface area contributed by atoms with Crippen LogP contribution >= 0.6 is 0 Å². The van der Waals surface area contributed by atoms with Gasteiger partial charge >= 0.3 is 0 Å². The van der Waals surface area contributed by atoms with E-state index in [0.29, 0.717) is 6.54 Å². The van der Waals surface area contributed by atoms with Crippen molar-refractivity contribution in [3.8, 4) is 0 Å². The molecule has 0 atom stereocenters. The van der Waals surface area contributed by atoms with Gasteiger partial charge in [0.15, 0.2) is 0 Å². The van der Waals surface area contributed by atoms with Crippen molar-refractivity contribution >= 4 is 11.8 Å². The Morgan fingerprint density at radius 3 is 2.44 bits per heavy atom. The molecule has 1 heterocycles. The minimum atomic E-state index is 0.583. The van der Waals surface area contributed by atoms with Gasteiger partial charge in [-0.25, -0.2) is 0 Å². The highest BCUT2D eigenvalue weighted by atomic mass is 15.1. The van der Waals surface area contributed by atoms with Gasteiger partial charge in [-0.15, -0.1) is 0 Å². The molecule has 0 fully saturated rings. The second kappa shape index (κ2) is 5.33. The Kier molecular flexibility index (Phi) is 3.57. The quantitative estimate of drug-likeness (QED) is 0.834. The first kappa shape index (κ1) is 10.7. The maximum absolute atomic E-state index is 5.41. The van der Waals surface area contributed by atoms with E-state index >= 15 is 0 Å². The summed E-state index contributed by atoms with van der Waals surface area (Å²) in [4.78, 5) is 2.11. The molecule has 0 spiro atoms. The van der Waals surface area contributed by atoms with E-state index in [2.05, 4.69) is 53.7 Å². The molecule has 2 N–H and O–H groups in total. The van der Waals surface area contributed by atoms with Gasteiger partial charge in [0, 0.05) is 24.6 Å². The molecule has 2 heteroatoms. The molecule has 0 unspecified atom stereocenters. The molecule has 2 nitrogen and oxygen atoms in total. The van der Waals surface area contributed by atoms with Crippen LogP contribution < -0.4 is 10.6 Å². The lowest BCUT2D eigenvalue weighted by molar-refractivity contribution is 1.18. The molecular weight excluding hydrogens is 196 g/mol. The van der Waals surface area contributed by atoms with Crippen LogP contribution in [0.2, 0.25) is 0 Å². The highest BCUT2D eigenvalue weighted by molar-refractivity contribution is 5.58. The van der Waals surface area contributed by atoms with Crippen LogP contribution in [0.4, 0.5) is 5.69 Å². The van der Waals surface area contributed by atoms with Crippen molar-refractivity contribution in [2.45, 2.75) is 6.42 Å². The Hall–Kier alpha value is -1.80. The third kappa shape index (κ3) is 2.61. The zero-order chi connectivity index (χ0) is 11.2. The van der Waals surface area contributed by atoms with Crippen LogP contribution in [0.25, 0.3) is 6.08 Å². The molecule has 1 aliphatic heterocycles. The molecule has 1 aliphatic rings. The molecular formula is C14H16N2. The van der Waals surface area contributed by atoms with Crippen molar-refractivity contribution in [2.24, 2.45) is 5.73 Å². The summed E-state index contributed by atoms with van der Waals surface area (Å²) in [5.74, 6) is 0. The lowest BCUT2D eigenvalue weighted by Gasteiger charge is -2.17. The highest BCUT2D eigenvalue weighted by Gasteiger charge is 2.00. The average molecular weight is 212 g/mol. The van der Waals surface area contributed by atoms with Crippen LogP contribution in [0.5, 0.6) is 0 Å². The molecule has 2 rings (SSSR count). The normalized spacial score (nSPS) is 14.9. The smallest absolute Gasteiger partial charge is 0.0449 e. The molecule has 0 saturated heterocycles. The summed E-state index contributed by atoms with van der Waals surface area (Å²) in [5.41, 5.74) is 7.77. The minimum Gasteiger partial charge on any atom is -0.327 e. The number of nitrogens with zero attached hydrogens (tertiary/aromatic N) is 1. The topological polar surface area (TPSA) is 29.3 Å². The van der Waals surface area contributed by atoms with Crippen molar-refractivity contribution < 1.29 is 0 Å². The van der Waals surface area contributed by atoms with E-state index < -0.39 is 0 Å². The summed E-state index contributed by atoms with van der Waals surface area (Å²) in [6.07, 6.45) is 13.5. The van der Waals surface area contributed by atoms with Gasteiger partial charge in [0.25, 0.3) is 0 Å². The minimum absolute atomic E-state index is 0.583. The van der Waals surface area contributed by atoms with Crippen molar-refractivity contribution in [2.75, 3.05) is 11.4 Å². The maximum atomic E-state index is 5.41. The molecule has 0 aromatic heterocycles. The van der Waals surface area contributed by atoms with E-state index in [-0.39, 0.29) is 0 Å². The van der Waals surface area contributed by atoms with E-state index in [4.69, 9.17) is 5.73 Å². The van der Waals surface area contributed by atoms with Gasteiger partial charge in [-0.2, -0.15) is 0 Å². The Morgan fingerprint density at radius 2 is 1.81 bits per heavy atom. The van der Waals surface area contributed by atoms with Gasteiger partial charge in [-0.1, -0.05) is 36.4 Å². The Balaban J connectivity index is 2.12. The fourth-order valence-electron chi connectivity index (χ4n) is 1.61. The lowest BCUT2D eigenvalue weighted by atomic mass is 10.2. The van der Waals surface area contributed by atoms with Gasteiger partial charge in [0.1, 0.15) is 0 Å². The zero-order valence-corrected chi connectivity index (χ0v) is 9.21. The van der Waals surface area contributed by atoms with Crippen LogP contribution in [-0.4, -0.2) is 6.54 Å². The number of benzene rings is 1. The number of allylic oxidation sites excluding steroid dienone is 2. The van der Waals surface area contributed by atoms with Gasteiger partial charge in [0.05, 0.1) is 0 Å². The van der Waals surface area contributed by atoms with Crippen molar-refractivity contribution in [1.82, 2.24) is 0 Å². The first-order chi connectivity index (χ1) is 7.90. The highest BCUT2D eigenvalue weighted by Crippen LogP contribution is 2.18. The lowest BCUT2D eigenvalue weighted by Crippen LogP contribution is -2.08. The Morgan fingerprint density at radius 1 is 1.12 bits per heavy atom. The molecule has 0 bridgehead atoms. The fraction of sp³-hybridized carbons (Fsp3) is 0.143. The average Bonchev–Trinajstić information content (AvgIpc) is 2.38. The Bertz CT molecular complexity index is 401. The van der Waals surface area contributed by atoms with Gasteiger partial charge < -0.3 is 10.6 Å². The molecule has 82 valence electrons. The van der Waals surface area contributed by atoms with E-state index in [1.54, 1.807) is 0 Å². The summed E-state index contributed by atoms with van der Waals surface area (Å²) < 4.78 is 0. The van der Waals surface area contributed by atoms with Gasteiger partial charge in [-0.05, 0) is 24.1 Å². The standard InChI is InChI=1S/C14H16N2/c15-10-4-5-13-6-8-14(9-7-13)16-11-2-1-3-12-16/h2-9,11-12H,1,10,15H2. The molecule has 0 aliphatic carbocycles. The summed E-state index contributed by atoms with van der Waals surface area (Å²) in [6, 6.07) is 8.40. The Labute approximate surface area is 96.4 Å². The number of nitrogens with two attached hydrogens (primary N) is 1. The number of rotatable bonds is 3. The third-order valence-corrected chi connectivity index (χ3v) is 2.44. The van der Waals surface area contributed by atoms with Crippen LogP contribution in [0.15, 0.2) is 54.9 Å². The van der Waals surface area contributed by atoms with E-state index in [9.17, 15) is 0 Å². The molecule has 0 saturated carbocycles. The number of anilines is 1. The molecule has 1 aromatic carbocycles. The summed E-state index contributed by atoms with van der Waals surface area (Å²) in [6.45, 7) is 0.583. The summed E-state index contributed by atoms with van der Waals surface area (Å²) >= 11 is 0. The van der Waals surface area contributed by atoms with Crippen LogP contribution in [0.3, 0.4) is 0 Å². The molecule has 0 radical (unpaired) electrons. The second-order valence-corrected chi connectivity index (χ2v) is 3.64. The van der Waals surface area contributed by atoms with Crippen molar-refractivity contribution in [3.63, 3.8) is 0 Å². The summed E-state index contributed by atoms with van der Waals surface area (Å²) in [7, 11) is 0. The van der Waals surface area contributed by atoms with Crippen LogP contribution in [0.1, 0.15) is 12.0 Å². The maximum Gasteiger partial charge on any atom is 0.0449 e. The third-order valence-electron chi connectivity index (χ3n) is 2.44. The van der Waals surface area contributed by atoms with Gasteiger partial charge in [-0.3, -0.25) is 0 Å². The molecule has 1 aromatic rings. The SMILES string of the molecule is NCC=Cc1ccc(N2C=CCC=C2)cc1. The van der Waals surface area contributed by atoms with Crippen LogP contribution in [0, 0.1) is 0 Å². The van der Waals surface area contributed by atoms with E-state index in [1.165, 1.54) is 11.3 Å². The predicted octanol–water partition coefficient (Wildman–Crippen LogP) is 2.90. The van der Waals surface area contributed by atoms with E-state index in [0.717, 1.165) is 6.42 Å². The fourth-order valence-corrected chi connectivity index (χ4v) is 1.61. The van der Waals surface area contributed by atoms with Crippen molar-refractivity contribution in [3.05, 3.63) is 60.5 Å². The second-order valence-electron chi connectivity index (χ2n) is 3.64. The summed E-state index contributed by atoms with van der Waals surface area (Å²) in [5, 5.41) is 0. The molecule has 16 heavy (non-hydrogen) atoms. The first-order valence-electron chi connectivity index (χ1n) is 5.48. The monoisotopic (exact) mass is 212 g/mol. The van der Waals surface area contributed by atoms with Crippen LogP contribution in [-0.2, 0) is 0 Å². The largest absolute Gasteiger partial charge is 0.327 e. The molecule has 0 amide bonds. The predicted molar refractivity (Wildman–Crippen MR) is 69.9 cm³/mol. The zero-order valence-electron chi connectivity index (χ0n) is 9.21. The number of hydrogen-bond donors (Lipinski definition) is 1. The van der Waals surface area contributed by atoms with E-state index in [1.807, 2.05) is 12.2 Å². The van der Waals surface area contributed by atoms with Gasteiger partial charge in [0.2, 0.25) is 0 Å². The first-order valence-corrected chi connectivity index (χ1v) is 5.48. The van der Waals surface area contributed by atoms with Crippen molar-refractivity contribution in [1.29, 1.82) is 0 Å².